The minimum atomic E-state index is -1.48. The van der Waals surface area contributed by atoms with Gasteiger partial charge in [-0.1, -0.05) is 75.6 Å². The minimum absolute atomic E-state index is 0.133. The number of hydrogen-bond donors (Lipinski definition) is 2. The summed E-state index contributed by atoms with van der Waals surface area (Å²) < 4.78 is 7.24. The van der Waals surface area contributed by atoms with Crippen molar-refractivity contribution in [1.82, 2.24) is 5.01 Å². The molecule has 0 aromatic heterocycles. The number of benzene rings is 4. The molecule has 4 amide bonds. The van der Waals surface area contributed by atoms with Gasteiger partial charge in [-0.2, -0.15) is 5.01 Å². The molecular formula is C40H32Br3N3O6. The first kappa shape index (κ1) is 34.8. The van der Waals surface area contributed by atoms with Crippen LogP contribution in [-0.4, -0.2) is 40.9 Å². The maximum absolute atomic E-state index is 15.4. The summed E-state index contributed by atoms with van der Waals surface area (Å²) in [5.74, 6) is -5.12. The standard InChI is InChI=1S/C40H32Br3N3O6/c1-20-8-12-23(13-9-20)44-46-37(49)29-18-27-25(16-17-26-31(27)38(50)45(36(26)48)24-14-10-22(41)11-15-24)32(28-19-30(52-2)35(47)34(43)33(28)42)40(29,39(46)51)21-6-4-3-5-7-21/h3-16,19,26-27,29,31-32,44,47H,17-18H2,1-2H3. The Labute approximate surface area is 325 Å². The number of nitrogens with zero attached hydrogens (tertiary/aromatic N) is 2. The molecular weight excluding hydrogens is 858 g/mol. The monoisotopic (exact) mass is 887 g/mol. The van der Waals surface area contributed by atoms with Gasteiger partial charge in [-0.05, 0) is 111 Å². The van der Waals surface area contributed by atoms with Gasteiger partial charge in [0.2, 0.25) is 11.8 Å². The van der Waals surface area contributed by atoms with Gasteiger partial charge in [0.1, 0.15) is 0 Å². The fraction of sp³-hybridized carbons (Fsp3) is 0.250. The molecule has 2 aliphatic heterocycles. The highest BCUT2D eigenvalue weighted by molar-refractivity contribution is 9.13. The van der Waals surface area contributed by atoms with Crippen LogP contribution in [0.2, 0.25) is 0 Å². The molecule has 0 spiro atoms. The first-order valence-electron chi connectivity index (χ1n) is 16.8. The highest BCUT2D eigenvalue weighted by Crippen LogP contribution is 2.65. The van der Waals surface area contributed by atoms with E-state index in [1.165, 1.54) is 12.0 Å². The number of fused-ring (bicyclic) bond motifs is 4. The second kappa shape index (κ2) is 13.0. The summed E-state index contributed by atoms with van der Waals surface area (Å²) in [6.45, 7) is 1.96. The topological polar surface area (TPSA) is 116 Å². The SMILES string of the molecule is COc1cc(C2C3=CCC4C(=O)N(c5ccc(Br)cc5)C(=O)C4C3CC3C(=O)N(Nc4ccc(C)cc4)C(=O)C32c2ccccc2)c(Br)c(Br)c1O. The zero-order valence-electron chi connectivity index (χ0n) is 28.0. The predicted octanol–water partition coefficient (Wildman–Crippen LogP) is 8.19. The Morgan fingerprint density at radius 3 is 2.21 bits per heavy atom. The predicted molar refractivity (Wildman–Crippen MR) is 205 cm³/mol. The normalized spacial score (nSPS) is 26.6. The van der Waals surface area contributed by atoms with E-state index in [1.54, 1.807) is 30.3 Å². The summed E-state index contributed by atoms with van der Waals surface area (Å²) in [6, 6.07) is 25.5. The maximum atomic E-state index is 15.4. The van der Waals surface area contributed by atoms with Gasteiger partial charge in [0.25, 0.3) is 11.8 Å². The van der Waals surface area contributed by atoms with Crippen LogP contribution in [0.3, 0.4) is 0 Å². The van der Waals surface area contributed by atoms with Crippen LogP contribution in [0.1, 0.15) is 35.4 Å². The van der Waals surface area contributed by atoms with E-state index in [1.807, 2.05) is 67.6 Å². The molecule has 2 N–H and O–H groups in total. The number of hydrogen-bond acceptors (Lipinski definition) is 7. The van der Waals surface area contributed by atoms with Crippen molar-refractivity contribution in [3.63, 3.8) is 0 Å². The third-order valence-corrected chi connectivity index (χ3v) is 13.9. The molecule has 12 heteroatoms. The lowest BCUT2D eigenvalue weighted by Crippen LogP contribution is -2.53. The molecule has 4 aromatic rings. The van der Waals surface area contributed by atoms with Crippen LogP contribution in [0.5, 0.6) is 11.5 Å². The van der Waals surface area contributed by atoms with Gasteiger partial charge in [0, 0.05) is 14.9 Å². The van der Waals surface area contributed by atoms with Crippen LogP contribution >= 0.6 is 47.8 Å². The highest BCUT2D eigenvalue weighted by Gasteiger charge is 2.70. The van der Waals surface area contributed by atoms with Crippen molar-refractivity contribution in [2.75, 3.05) is 17.4 Å². The van der Waals surface area contributed by atoms with Crippen molar-refractivity contribution < 1.29 is 29.0 Å². The summed E-state index contributed by atoms with van der Waals surface area (Å²) in [6.07, 6.45) is 2.44. The molecule has 52 heavy (non-hydrogen) atoms. The lowest BCUT2D eigenvalue weighted by atomic mass is 9.49. The molecule has 2 aliphatic carbocycles. The fourth-order valence-electron chi connectivity index (χ4n) is 8.91. The van der Waals surface area contributed by atoms with Gasteiger partial charge in [-0.15, -0.1) is 0 Å². The maximum Gasteiger partial charge on any atom is 0.260 e. The lowest BCUT2D eigenvalue weighted by Gasteiger charge is -2.51. The Bertz CT molecular complexity index is 2190. The van der Waals surface area contributed by atoms with E-state index in [0.29, 0.717) is 31.4 Å². The van der Waals surface area contributed by atoms with Crippen molar-refractivity contribution in [3.8, 4) is 11.5 Å². The van der Waals surface area contributed by atoms with Crippen LogP contribution in [0.25, 0.3) is 0 Å². The zero-order valence-corrected chi connectivity index (χ0v) is 32.7. The summed E-state index contributed by atoms with van der Waals surface area (Å²) >= 11 is 10.7. The van der Waals surface area contributed by atoms with E-state index < -0.39 is 46.8 Å². The first-order chi connectivity index (χ1) is 25.0. The molecule has 8 rings (SSSR count). The van der Waals surface area contributed by atoms with E-state index in [-0.39, 0.29) is 36.2 Å². The number of carbonyl (C=O) groups excluding carboxylic acids is 4. The number of ether oxygens (including phenoxy) is 1. The summed E-state index contributed by atoms with van der Waals surface area (Å²) in [7, 11) is 1.44. The molecule has 4 aliphatic rings. The molecule has 6 atom stereocenters. The molecule has 264 valence electrons. The van der Waals surface area contributed by atoms with E-state index in [9.17, 15) is 19.5 Å². The number of phenolic OH excluding ortho intramolecular Hbond substituents is 1. The lowest BCUT2D eigenvalue weighted by molar-refractivity contribution is -0.138. The van der Waals surface area contributed by atoms with Crippen LogP contribution in [0.15, 0.2) is 110 Å². The molecule has 2 saturated heterocycles. The number of imide groups is 2. The number of carbonyl (C=O) groups is 4. The molecule has 6 unspecified atom stereocenters. The average Bonchev–Trinajstić information content (AvgIpc) is 3.53. The quantitative estimate of drug-likeness (QED) is 0.148. The van der Waals surface area contributed by atoms with Gasteiger partial charge in [-0.25, -0.2) is 0 Å². The van der Waals surface area contributed by atoms with Gasteiger partial charge in [-0.3, -0.25) is 29.5 Å². The second-order valence-electron chi connectivity index (χ2n) is 13.7. The summed E-state index contributed by atoms with van der Waals surface area (Å²) in [5, 5.41) is 12.1. The molecule has 1 saturated carbocycles. The van der Waals surface area contributed by atoms with Gasteiger partial charge < -0.3 is 9.84 Å². The Morgan fingerprint density at radius 2 is 1.54 bits per heavy atom. The molecule has 0 bridgehead atoms. The summed E-state index contributed by atoms with van der Waals surface area (Å²) in [4.78, 5) is 60.2. The number of hydrazine groups is 1. The third-order valence-electron chi connectivity index (χ3n) is 11.2. The average molecular weight is 890 g/mol. The number of amides is 4. The molecule has 3 fully saturated rings. The number of aryl methyl sites for hydroxylation is 1. The molecule has 2 heterocycles. The van der Waals surface area contributed by atoms with Crippen molar-refractivity contribution in [3.05, 3.63) is 127 Å². The number of methoxy groups -OCH3 is 1. The fourth-order valence-corrected chi connectivity index (χ4v) is 10.1. The van der Waals surface area contributed by atoms with Crippen molar-refractivity contribution >= 4 is 82.8 Å². The number of aromatic hydroxyl groups is 1. The number of halogens is 3. The Balaban J connectivity index is 1.36. The number of allylic oxidation sites excluding steroid dienone is 2. The van der Waals surface area contributed by atoms with Crippen molar-refractivity contribution in [2.45, 2.75) is 31.1 Å². The highest BCUT2D eigenvalue weighted by atomic mass is 79.9. The molecule has 4 aromatic carbocycles. The number of phenols is 1. The minimum Gasteiger partial charge on any atom is -0.503 e. The van der Waals surface area contributed by atoms with Crippen LogP contribution < -0.4 is 15.1 Å². The Kier molecular flexibility index (Phi) is 8.70. The van der Waals surface area contributed by atoms with Crippen LogP contribution in [0.4, 0.5) is 11.4 Å². The van der Waals surface area contributed by atoms with Crippen molar-refractivity contribution in [2.24, 2.45) is 23.7 Å². The number of anilines is 2. The van der Waals surface area contributed by atoms with Crippen LogP contribution in [-0.2, 0) is 24.6 Å². The van der Waals surface area contributed by atoms with E-state index >= 15 is 4.79 Å². The summed E-state index contributed by atoms with van der Waals surface area (Å²) in [5.41, 5.74) is 5.73. The van der Waals surface area contributed by atoms with E-state index in [4.69, 9.17) is 4.74 Å². The Morgan fingerprint density at radius 1 is 0.846 bits per heavy atom. The zero-order chi connectivity index (χ0) is 36.6. The van der Waals surface area contributed by atoms with E-state index in [0.717, 1.165) is 20.6 Å². The van der Waals surface area contributed by atoms with Crippen LogP contribution in [0, 0.1) is 30.6 Å². The van der Waals surface area contributed by atoms with Crippen molar-refractivity contribution in [1.29, 1.82) is 0 Å². The molecule has 0 radical (unpaired) electrons. The van der Waals surface area contributed by atoms with Gasteiger partial charge in [0.05, 0.1) is 46.1 Å². The first-order valence-corrected chi connectivity index (χ1v) is 19.2. The second-order valence-corrected chi connectivity index (χ2v) is 16.2. The van der Waals surface area contributed by atoms with E-state index in [2.05, 4.69) is 53.2 Å². The van der Waals surface area contributed by atoms with Gasteiger partial charge >= 0.3 is 0 Å². The molecule has 9 nitrogen and oxygen atoms in total. The largest absolute Gasteiger partial charge is 0.503 e. The number of rotatable bonds is 6. The Hall–Kier alpha value is -4.26. The van der Waals surface area contributed by atoms with Gasteiger partial charge in [0.15, 0.2) is 11.5 Å². The third kappa shape index (κ3) is 5.04. The number of nitrogens with one attached hydrogen (secondary N) is 1. The smallest absolute Gasteiger partial charge is 0.260 e.